The number of nitrogens with zero attached hydrogens (tertiary/aromatic N) is 2. The lowest BCUT2D eigenvalue weighted by Crippen LogP contribution is -2.17. The molecule has 1 aromatic heterocycles. The highest BCUT2D eigenvalue weighted by molar-refractivity contribution is 4.97. The minimum absolute atomic E-state index is 0.838. The van der Waals surface area contributed by atoms with Crippen LogP contribution in [0.15, 0.2) is 24.4 Å². The summed E-state index contributed by atoms with van der Waals surface area (Å²) in [7, 11) is 0. The van der Waals surface area contributed by atoms with Gasteiger partial charge in [-0.2, -0.15) is 0 Å². The second kappa shape index (κ2) is 10.3. The fourth-order valence-corrected chi connectivity index (χ4v) is 1.15. The molecule has 0 aromatic carbocycles. The molecule has 2 heterocycles. The van der Waals surface area contributed by atoms with Crippen LogP contribution in [0.2, 0.25) is 0 Å². The number of rotatable bonds is 0. The Balaban J connectivity index is 0.000000251. The van der Waals surface area contributed by atoms with Crippen LogP contribution in [0, 0.1) is 13.8 Å². The minimum Gasteiger partial charge on any atom is -0.313 e. The van der Waals surface area contributed by atoms with Gasteiger partial charge in [-0.25, -0.2) is 9.97 Å². The van der Waals surface area contributed by atoms with E-state index in [0.29, 0.717) is 0 Å². The fourth-order valence-electron chi connectivity index (χ4n) is 1.15. The maximum absolute atomic E-state index is 4.06. The van der Waals surface area contributed by atoms with Crippen molar-refractivity contribution in [3.05, 3.63) is 35.9 Å². The first-order valence-electron chi connectivity index (χ1n) is 5.91. The van der Waals surface area contributed by atoms with E-state index in [1.54, 1.807) is 6.20 Å². The van der Waals surface area contributed by atoms with E-state index in [1.807, 2.05) is 33.8 Å². The van der Waals surface area contributed by atoms with E-state index >= 15 is 0 Å². The molecule has 0 aliphatic carbocycles. The molecule has 0 amide bonds. The third kappa shape index (κ3) is 8.12. The molecule has 0 saturated heterocycles. The molecular formula is C13H23N3. The third-order valence-electron chi connectivity index (χ3n) is 1.83. The van der Waals surface area contributed by atoms with E-state index < -0.39 is 0 Å². The molecule has 0 atom stereocenters. The Labute approximate surface area is 99.0 Å². The van der Waals surface area contributed by atoms with Gasteiger partial charge in [-0.3, -0.25) is 0 Å². The smallest absolute Gasteiger partial charge is 0.125 e. The fraction of sp³-hybridized carbons (Fsp3) is 0.538. The van der Waals surface area contributed by atoms with E-state index in [0.717, 1.165) is 24.6 Å². The largest absolute Gasteiger partial charge is 0.313 e. The molecular weight excluding hydrogens is 198 g/mol. The van der Waals surface area contributed by atoms with Crippen molar-refractivity contribution in [3.63, 3.8) is 0 Å². The summed E-state index contributed by atoms with van der Waals surface area (Å²) in [6.07, 6.45) is 7.33. The summed E-state index contributed by atoms with van der Waals surface area (Å²) in [5.74, 6) is 0.838. The highest BCUT2D eigenvalue weighted by atomic mass is 14.9. The number of aromatic nitrogens is 2. The maximum atomic E-state index is 4.06. The third-order valence-corrected chi connectivity index (χ3v) is 1.83. The highest BCUT2D eigenvalue weighted by Crippen LogP contribution is 1.88. The first kappa shape index (κ1) is 14.8. The first-order chi connectivity index (χ1) is 7.79. The predicted molar refractivity (Wildman–Crippen MR) is 69.5 cm³/mol. The monoisotopic (exact) mass is 221 g/mol. The molecule has 0 unspecified atom stereocenters. The molecule has 0 radical (unpaired) electrons. The van der Waals surface area contributed by atoms with Gasteiger partial charge in [0.05, 0.1) is 0 Å². The highest BCUT2D eigenvalue weighted by Gasteiger charge is 1.84. The molecule has 16 heavy (non-hydrogen) atoms. The van der Waals surface area contributed by atoms with Gasteiger partial charge in [-0.05, 0) is 32.9 Å². The normalized spacial score (nSPS) is 13.0. The number of nitrogens with one attached hydrogen (secondary N) is 1. The van der Waals surface area contributed by atoms with Crippen LogP contribution in [0.5, 0.6) is 0 Å². The molecule has 90 valence electrons. The van der Waals surface area contributed by atoms with Crippen molar-refractivity contribution in [1.82, 2.24) is 15.3 Å². The van der Waals surface area contributed by atoms with Crippen molar-refractivity contribution in [2.24, 2.45) is 0 Å². The summed E-state index contributed by atoms with van der Waals surface area (Å²) in [5, 5.41) is 3.20. The summed E-state index contributed by atoms with van der Waals surface area (Å²) in [6, 6.07) is 1.88. The minimum atomic E-state index is 0.838. The van der Waals surface area contributed by atoms with Gasteiger partial charge in [-0.15, -0.1) is 0 Å². The van der Waals surface area contributed by atoms with Crippen molar-refractivity contribution in [2.75, 3.05) is 13.1 Å². The zero-order chi connectivity index (χ0) is 12.2. The van der Waals surface area contributed by atoms with Gasteiger partial charge in [0.15, 0.2) is 0 Å². The first-order valence-corrected chi connectivity index (χ1v) is 5.91. The Bertz CT molecular complexity index is 270. The van der Waals surface area contributed by atoms with Crippen LogP contribution in [0.25, 0.3) is 0 Å². The summed E-state index contributed by atoms with van der Waals surface area (Å²) >= 11 is 0. The van der Waals surface area contributed by atoms with Gasteiger partial charge in [-0.1, -0.05) is 26.0 Å². The van der Waals surface area contributed by atoms with Crippen molar-refractivity contribution in [2.45, 2.75) is 34.1 Å². The van der Waals surface area contributed by atoms with Gasteiger partial charge < -0.3 is 5.32 Å². The molecule has 1 N–H and O–H groups in total. The van der Waals surface area contributed by atoms with Gasteiger partial charge in [0.25, 0.3) is 0 Å². The predicted octanol–water partition coefficient (Wildman–Crippen LogP) is 2.66. The van der Waals surface area contributed by atoms with Crippen LogP contribution in [-0.4, -0.2) is 23.1 Å². The van der Waals surface area contributed by atoms with Crippen LogP contribution in [0.3, 0.4) is 0 Å². The summed E-state index contributed by atoms with van der Waals surface area (Å²) < 4.78 is 0. The Kier molecular flexibility index (Phi) is 9.52. The Morgan fingerprint density at radius 2 is 1.94 bits per heavy atom. The Morgan fingerprint density at radius 1 is 1.19 bits per heavy atom. The van der Waals surface area contributed by atoms with Gasteiger partial charge in [0, 0.05) is 18.4 Å². The second-order valence-electron chi connectivity index (χ2n) is 3.21. The zero-order valence-electron chi connectivity index (χ0n) is 10.8. The molecule has 0 bridgehead atoms. The van der Waals surface area contributed by atoms with Crippen LogP contribution in [0.1, 0.15) is 31.8 Å². The van der Waals surface area contributed by atoms with E-state index in [-0.39, 0.29) is 0 Å². The summed E-state index contributed by atoms with van der Waals surface area (Å²) in [5.41, 5.74) is 1.03. The van der Waals surface area contributed by atoms with E-state index in [1.165, 1.54) is 6.42 Å². The summed E-state index contributed by atoms with van der Waals surface area (Å²) in [6.45, 7) is 10.1. The molecule has 0 saturated carbocycles. The molecule has 1 aliphatic rings. The second-order valence-corrected chi connectivity index (χ2v) is 3.21. The van der Waals surface area contributed by atoms with Crippen molar-refractivity contribution in [1.29, 1.82) is 0 Å². The van der Waals surface area contributed by atoms with E-state index in [9.17, 15) is 0 Å². The van der Waals surface area contributed by atoms with Gasteiger partial charge in [0.1, 0.15) is 5.82 Å². The lowest BCUT2D eigenvalue weighted by molar-refractivity contribution is 0.728. The van der Waals surface area contributed by atoms with Crippen LogP contribution >= 0.6 is 0 Å². The standard InChI is InChI=1S/C6H8N2.C5H9N.C2H6/c1-5-3-4-7-6(2)8-5;1-2-4-6-5-3-1;1-2/h3-4H,1-2H3;1-2,6H,3-5H2;1-2H3. The number of hydrogen-bond donors (Lipinski definition) is 1. The molecule has 2 rings (SSSR count). The van der Waals surface area contributed by atoms with Crippen LogP contribution < -0.4 is 5.32 Å². The van der Waals surface area contributed by atoms with Crippen LogP contribution in [0.4, 0.5) is 0 Å². The molecule has 1 aliphatic heterocycles. The number of hydrogen-bond acceptors (Lipinski definition) is 3. The van der Waals surface area contributed by atoms with Crippen molar-refractivity contribution < 1.29 is 0 Å². The zero-order valence-corrected chi connectivity index (χ0v) is 10.8. The number of aryl methyl sites for hydroxylation is 2. The average molecular weight is 221 g/mol. The quantitative estimate of drug-likeness (QED) is 0.684. The van der Waals surface area contributed by atoms with Crippen molar-refractivity contribution in [3.8, 4) is 0 Å². The Hall–Kier alpha value is -1.22. The average Bonchev–Trinajstić information content (AvgIpc) is 2.34. The molecule has 3 nitrogen and oxygen atoms in total. The Morgan fingerprint density at radius 3 is 2.19 bits per heavy atom. The molecule has 0 fully saturated rings. The van der Waals surface area contributed by atoms with Crippen LogP contribution in [-0.2, 0) is 0 Å². The van der Waals surface area contributed by atoms with Gasteiger partial charge in [0.2, 0.25) is 0 Å². The molecule has 3 heteroatoms. The van der Waals surface area contributed by atoms with E-state index in [4.69, 9.17) is 0 Å². The maximum Gasteiger partial charge on any atom is 0.125 e. The lowest BCUT2D eigenvalue weighted by atomic mass is 10.3. The molecule has 0 spiro atoms. The SMILES string of the molecule is C1=CCNCC1.CC.Cc1ccnc(C)n1. The van der Waals surface area contributed by atoms with Crippen molar-refractivity contribution >= 4 is 0 Å². The lowest BCUT2D eigenvalue weighted by Gasteiger charge is -2.01. The summed E-state index contributed by atoms with van der Waals surface area (Å²) in [4.78, 5) is 7.99. The molecule has 1 aromatic rings. The topological polar surface area (TPSA) is 37.8 Å². The van der Waals surface area contributed by atoms with E-state index in [2.05, 4.69) is 27.4 Å². The van der Waals surface area contributed by atoms with Gasteiger partial charge >= 0.3 is 0 Å².